The van der Waals surface area contributed by atoms with Crippen LogP contribution in [0, 0.1) is 0 Å². The molecule has 0 aromatic rings. The first kappa shape index (κ1) is 20.0. The van der Waals surface area contributed by atoms with Gasteiger partial charge in [-0.2, -0.15) is 4.31 Å². The molecule has 0 amide bonds. The molecule has 0 fully saturated rings. The van der Waals surface area contributed by atoms with E-state index in [9.17, 15) is 21.6 Å². The van der Waals surface area contributed by atoms with Crippen molar-refractivity contribution in [2.75, 3.05) is 32.2 Å². The Morgan fingerprint density at radius 1 is 1.29 bits per heavy atom. The first-order chi connectivity index (χ1) is 9.34. The van der Waals surface area contributed by atoms with Crippen LogP contribution in [-0.4, -0.2) is 65.4 Å². The van der Waals surface area contributed by atoms with E-state index < -0.39 is 32.1 Å². The van der Waals surface area contributed by atoms with Gasteiger partial charge < -0.3 is 4.74 Å². The number of nitrogens with one attached hydrogen (secondary N) is 1. The second-order valence-electron chi connectivity index (χ2n) is 4.77. The molecule has 21 heavy (non-hydrogen) atoms. The van der Waals surface area contributed by atoms with Gasteiger partial charge in [-0.05, 0) is 13.8 Å². The molecular formula is C11H22N2O6S2. The van der Waals surface area contributed by atoms with Crippen LogP contribution in [0.5, 0.6) is 0 Å². The second kappa shape index (κ2) is 7.87. The molecule has 0 saturated carbocycles. The lowest BCUT2D eigenvalue weighted by Crippen LogP contribution is -2.45. The van der Waals surface area contributed by atoms with Gasteiger partial charge in [0.15, 0.2) is 0 Å². The van der Waals surface area contributed by atoms with E-state index in [4.69, 9.17) is 4.74 Å². The average molecular weight is 342 g/mol. The van der Waals surface area contributed by atoms with Gasteiger partial charge in [0.25, 0.3) is 0 Å². The largest absolute Gasteiger partial charge is 0.461 e. The van der Waals surface area contributed by atoms with Crippen LogP contribution in [0.25, 0.3) is 0 Å². The number of sulfonamides is 2. The molecule has 0 aliphatic heterocycles. The maximum atomic E-state index is 11.7. The van der Waals surface area contributed by atoms with Gasteiger partial charge in [-0.1, -0.05) is 6.58 Å². The Hall–Kier alpha value is -0.970. The Labute approximate surface area is 126 Å². The molecule has 0 aliphatic carbocycles. The van der Waals surface area contributed by atoms with Crippen LogP contribution in [0.1, 0.15) is 13.8 Å². The Kier molecular flexibility index (Phi) is 7.51. The molecule has 0 heterocycles. The molecule has 0 rings (SSSR count). The van der Waals surface area contributed by atoms with Gasteiger partial charge >= 0.3 is 5.97 Å². The highest BCUT2D eigenvalue weighted by molar-refractivity contribution is 7.88. The number of rotatable bonds is 9. The lowest BCUT2D eigenvalue weighted by Gasteiger charge is -2.26. The first-order valence-electron chi connectivity index (χ1n) is 6.08. The molecule has 124 valence electrons. The highest BCUT2D eigenvalue weighted by Crippen LogP contribution is 2.06. The van der Waals surface area contributed by atoms with Gasteiger partial charge in [0.1, 0.15) is 6.61 Å². The highest BCUT2D eigenvalue weighted by Gasteiger charge is 2.24. The van der Waals surface area contributed by atoms with Crippen LogP contribution in [0.3, 0.4) is 0 Å². The van der Waals surface area contributed by atoms with Crippen molar-refractivity contribution in [3.05, 3.63) is 12.2 Å². The minimum Gasteiger partial charge on any atom is -0.461 e. The summed E-state index contributed by atoms with van der Waals surface area (Å²) in [6.45, 7) is 6.20. The van der Waals surface area contributed by atoms with Crippen LogP contribution < -0.4 is 4.72 Å². The molecule has 0 radical (unpaired) electrons. The predicted octanol–water partition coefficient (Wildman–Crippen LogP) is -0.695. The number of esters is 1. The van der Waals surface area contributed by atoms with Crippen molar-refractivity contribution in [1.82, 2.24) is 9.03 Å². The van der Waals surface area contributed by atoms with Crippen molar-refractivity contribution in [2.45, 2.75) is 19.9 Å². The van der Waals surface area contributed by atoms with E-state index in [1.807, 2.05) is 0 Å². The lowest BCUT2D eigenvalue weighted by molar-refractivity contribution is -0.140. The summed E-state index contributed by atoms with van der Waals surface area (Å²) in [6.07, 6.45) is 1.99. The fourth-order valence-corrected chi connectivity index (χ4v) is 3.06. The van der Waals surface area contributed by atoms with Crippen molar-refractivity contribution in [1.29, 1.82) is 0 Å². The SMILES string of the molecule is C=C(C)C(=O)OCC(C)N(CCNS(C)(=O)=O)S(C)(=O)=O. The zero-order valence-corrected chi connectivity index (χ0v) is 14.3. The van der Waals surface area contributed by atoms with Crippen LogP contribution >= 0.6 is 0 Å². The number of hydrogen-bond donors (Lipinski definition) is 1. The maximum absolute atomic E-state index is 11.7. The van der Waals surface area contributed by atoms with Crippen LogP contribution in [0.2, 0.25) is 0 Å². The number of carbonyl (C=O) groups excluding carboxylic acids is 1. The molecule has 1 N–H and O–H groups in total. The fourth-order valence-electron chi connectivity index (χ4n) is 1.46. The van der Waals surface area contributed by atoms with E-state index in [1.165, 1.54) is 6.92 Å². The third-order valence-electron chi connectivity index (χ3n) is 2.42. The highest BCUT2D eigenvalue weighted by atomic mass is 32.2. The monoisotopic (exact) mass is 342 g/mol. The number of carbonyl (C=O) groups is 1. The zero-order chi connectivity index (χ0) is 16.8. The Balaban J connectivity index is 4.69. The molecule has 1 unspecified atom stereocenters. The zero-order valence-electron chi connectivity index (χ0n) is 12.6. The van der Waals surface area contributed by atoms with E-state index in [0.29, 0.717) is 0 Å². The molecular weight excluding hydrogens is 320 g/mol. The normalized spacial score (nSPS) is 14.0. The Morgan fingerprint density at radius 3 is 2.19 bits per heavy atom. The lowest BCUT2D eigenvalue weighted by atomic mass is 10.3. The standard InChI is InChI=1S/C11H22N2O6S2/c1-9(2)11(14)19-8-10(3)13(21(5,17)18)7-6-12-20(4,15)16/h10,12H,1,6-8H2,2-5H3. The molecule has 10 heteroatoms. The molecule has 0 aromatic heterocycles. The number of ether oxygens (including phenoxy) is 1. The second-order valence-corrected chi connectivity index (χ2v) is 8.54. The van der Waals surface area contributed by atoms with E-state index in [-0.39, 0.29) is 25.3 Å². The summed E-state index contributed by atoms with van der Waals surface area (Å²) in [5, 5.41) is 0. The smallest absolute Gasteiger partial charge is 0.333 e. The maximum Gasteiger partial charge on any atom is 0.333 e. The van der Waals surface area contributed by atoms with Gasteiger partial charge in [0, 0.05) is 18.7 Å². The molecule has 0 bridgehead atoms. The minimum atomic E-state index is -3.57. The van der Waals surface area contributed by atoms with E-state index >= 15 is 0 Å². The predicted molar refractivity (Wildman–Crippen MR) is 79.6 cm³/mol. The third-order valence-corrected chi connectivity index (χ3v) is 4.54. The summed E-state index contributed by atoms with van der Waals surface area (Å²) >= 11 is 0. The van der Waals surface area contributed by atoms with Gasteiger partial charge in [-0.15, -0.1) is 0 Å². The Morgan fingerprint density at radius 2 is 1.81 bits per heavy atom. The molecule has 1 atom stereocenters. The first-order valence-corrected chi connectivity index (χ1v) is 9.82. The number of nitrogens with zero attached hydrogens (tertiary/aromatic N) is 1. The molecule has 0 saturated heterocycles. The van der Waals surface area contributed by atoms with Crippen LogP contribution in [-0.2, 0) is 29.6 Å². The average Bonchev–Trinajstić information content (AvgIpc) is 2.28. The molecule has 0 aromatic carbocycles. The topological polar surface area (TPSA) is 110 Å². The van der Waals surface area contributed by atoms with E-state index in [0.717, 1.165) is 16.8 Å². The van der Waals surface area contributed by atoms with Crippen LogP contribution in [0.15, 0.2) is 12.2 Å². The number of hydrogen-bond acceptors (Lipinski definition) is 6. The molecule has 8 nitrogen and oxygen atoms in total. The summed E-state index contributed by atoms with van der Waals surface area (Å²) in [5.41, 5.74) is 0.215. The fraction of sp³-hybridized carbons (Fsp3) is 0.727. The van der Waals surface area contributed by atoms with Crippen molar-refractivity contribution < 1.29 is 26.4 Å². The summed E-state index contributed by atoms with van der Waals surface area (Å²) in [6, 6.07) is -0.621. The summed E-state index contributed by atoms with van der Waals surface area (Å²) < 4.78 is 53.5. The third kappa shape index (κ3) is 8.81. The van der Waals surface area contributed by atoms with Crippen molar-refractivity contribution >= 4 is 26.0 Å². The van der Waals surface area contributed by atoms with E-state index in [1.54, 1.807) is 6.92 Å². The molecule has 0 aliphatic rings. The minimum absolute atomic E-state index is 0.0578. The van der Waals surface area contributed by atoms with Crippen molar-refractivity contribution in [3.63, 3.8) is 0 Å². The quantitative estimate of drug-likeness (QED) is 0.438. The summed E-state index contributed by atoms with van der Waals surface area (Å²) in [7, 11) is -6.96. The van der Waals surface area contributed by atoms with Crippen molar-refractivity contribution in [3.8, 4) is 0 Å². The summed E-state index contributed by atoms with van der Waals surface area (Å²) in [4.78, 5) is 11.3. The van der Waals surface area contributed by atoms with Crippen LogP contribution in [0.4, 0.5) is 0 Å². The Bertz CT molecular complexity index is 582. The van der Waals surface area contributed by atoms with Gasteiger partial charge in [-0.25, -0.2) is 26.4 Å². The van der Waals surface area contributed by atoms with Gasteiger partial charge in [0.05, 0.1) is 18.6 Å². The van der Waals surface area contributed by atoms with Gasteiger partial charge in [0.2, 0.25) is 20.0 Å². The van der Waals surface area contributed by atoms with E-state index in [2.05, 4.69) is 11.3 Å². The van der Waals surface area contributed by atoms with Gasteiger partial charge in [-0.3, -0.25) is 0 Å². The van der Waals surface area contributed by atoms with Crippen molar-refractivity contribution in [2.24, 2.45) is 0 Å². The molecule has 0 spiro atoms. The summed E-state index contributed by atoms with van der Waals surface area (Å²) in [5.74, 6) is -0.607.